The molecule has 8 heteroatoms. The van der Waals surface area contributed by atoms with Gasteiger partial charge in [-0.05, 0) is 63.4 Å². The third kappa shape index (κ3) is 4.26. The van der Waals surface area contributed by atoms with Crippen molar-refractivity contribution in [3.8, 4) is 5.75 Å². The Bertz CT molecular complexity index is 824. The normalized spacial score (nSPS) is 18.8. The highest BCUT2D eigenvalue weighted by molar-refractivity contribution is 5.93. The van der Waals surface area contributed by atoms with E-state index in [4.69, 9.17) is 4.74 Å². The van der Waals surface area contributed by atoms with E-state index < -0.39 is 0 Å². The number of amides is 1. The van der Waals surface area contributed by atoms with Crippen molar-refractivity contribution in [2.45, 2.75) is 57.0 Å². The Morgan fingerprint density at radius 2 is 1.86 bits per heavy atom. The highest BCUT2D eigenvalue weighted by Gasteiger charge is 2.38. The fourth-order valence-electron chi connectivity index (χ4n) is 4.60. The molecule has 1 aliphatic heterocycles. The van der Waals surface area contributed by atoms with Gasteiger partial charge in [-0.2, -0.15) is 0 Å². The highest BCUT2D eigenvalue weighted by Crippen LogP contribution is 2.39. The largest absolute Gasteiger partial charge is 0.497 e. The van der Waals surface area contributed by atoms with Crippen molar-refractivity contribution in [2.75, 3.05) is 20.2 Å². The summed E-state index contributed by atoms with van der Waals surface area (Å²) in [5, 5.41) is 15.2. The minimum Gasteiger partial charge on any atom is -0.497 e. The number of rotatable bonds is 5. The number of aromatic nitrogens is 3. The zero-order valence-corrected chi connectivity index (χ0v) is 17.9. The van der Waals surface area contributed by atoms with Crippen LogP contribution in [-0.4, -0.2) is 41.1 Å². The van der Waals surface area contributed by atoms with Crippen molar-refractivity contribution in [3.63, 3.8) is 0 Å². The van der Waals surface area contributed by atoms with E-state index in [1.807, 2.05) is 23.7 Å². The van der Waals surface area contributed by atoms with E-state index in [-0.39, 0.29) is 23.9 Å². The van der Waals surface area contributed by atoms with Crippen molar-refractivity contribution in [3.05, 3.63) is 41.2 Å². The first-order valence-corrected chi connectivity index (χ1v) is 10.2. The molecule has 0 spiro atoms. The maximum atomic E-state index is 13.2. The molecule has 2 aliphatic rings. The lowest BCUT2D eigenvalue weighted by molar-refractivity contribution is 0.0892. The van der Waals surface area contributed by atoms with Gasteiger partial charge in [-0.15, -0.1) is 17.5 Å². The van der Waals surface area contributed by atoms with Gasteiger partial charge in [-0.1, -0.05) is 30.2 Å². The van der Waals surface area contributed by atoms with Crippen molar-refractivity contribution in [1.29, 1.82) is 0 Å². The second-order valence-corrected chi connectivity index (χ2v) is 7.92. The number of ether oxygens (including phenoxy) is 1. The third-order valence-corrected chi connectivity index (χ3v) is 6.25. The van der Waals surface area contributed by atoms with Crippen LogP contribution in [0, 0.1) is 6.92 Å². The van der Waals surface area contributed by atoms with E-state index in [2.05, 4.69) is 33.1 Å². The van der Waals surface area contributed by atoms with Gasteiger partial charge in [0.25, 0.3) is 5.91 Å². The molecule has 158 valence electrons. The molecule has 2 fully saturated rings. The number of hydrogen-bond acceptors (Lipinski definition) is 5. The van der Waals surface area contributed by atoms with Gasteiger partial charge in [0.2, 0.25) is 0 Å². The molecule has 7 nitrogen and oxygen atoms in total. The number of benzene rings is 1. The second-order valence-electron chi connectivity index (χ2n) is 7.92. The summed E-state index contributed by atoms with van der Waals surface area (Å²) in [6.45, 7) is 3.91. The van der Waals surface area contributed by atoms with E-state index in [1.165, 1.54) is 0 Å². The molecule has 4 rings (SSSR count). The summed E-state index contributed by atoms with van der Waals surface area (Å²) in [4.78, 5) is 13.2. The van der Waals surface area contributed by atoms with Crippen LogP contribution in [0.3, 0.4) is 0 Å². The van der Waals surface area contributed by atoms with E-state index in [0.29, 0.717) is 11.7 Å². The van der Waals surface area contributed by atoms with E-state index in [9.17, 15) is 4.79 Å². The van der Waals surface area contributed by atoms with Crippen LogP contribution in [0.1, 0.15) is 66.3 Å². The summed E-state index contributed by atoms with van der Waals surface area (Å²) in [6.07, 6.45) is 6.11. The van der Waals surface area contributed by atoms with Crippen molar-refractivity contribution in [1.82, 2.24) is 25.6 Å². The lowest BCUT2D eigenvalue weighted by Crippen LogP contribution is -2.44. The van der Waals surface area contributed by atoms with Gasteiger partial charge in [0, 0.05) is 0 Å². The number of carbonyl (C=O) groups is 1. The Morgan fingerprint density at radius 1 is 1.21 bits per heavy atom. The van der Waals surface area contributed by atoms with Gasteiger partial charge in [-0.3, -0.25) is 4.79 Å². The maximum absolute atomic E-state index is 13.2. The van der Waals surface area contributed by atoms with Crippen LogP contribution in [0.15, 0.2) is 24.3 Å². The van der Waals surface area contributed by atoms with Crippen molar-refractivity contribution in [2.24, 2.45) is 0 Å². The van der Waals surface area contributed by atoms with Crippen LogP contribution < -0.4 is 15.4 Å². The first kappa shape index (κ1) is 21.6. The quantitative estimate of drug-likeness (QED) is 0.778. The molecule has 2 N–H and O–H groups in total. The van der Waals surface area contributed by atoms with E-state index >= 15 is 0 Å². The van der Waals surface area contributed by atoms with Crippen LogP contribution in [0.5, 0.6) is 5.75 Å². The molecular formula is C21H30ClN5O2. The SMILES string of the molecule is COc1ccc(C2(NC(=O)c3nnn(C4CCNCC4)c3C)CCCC2)cc1.Cl. The highest BCUT2D eigenvalue weighted by atomic mass is 35.5. The predicted octanol–water partition coefficient (Wildman–Crippen LogP) is 3.14. The lowest BCUT2D eigenvalue weighted by atomic mass is 9.88. The Kier molecular flexibility index (Phi) is 6.80. The molecule has 0 atom stereocenters. The standard InChI is InChI=1S/C21H29N5O2.ClH/c1-15-19(24-25-26(15)17-9-13-22-14-10-17)20(27)23-21(11-3-4-12-21)16-5-7-18(28-2)8-6-16;/h5-8,17,22H,3-4,9-14H2,1-2H3,(H,23,27);1H. The number of hydrogen-bond donors (Lipinski definition) is 2. The Balaban J connectivity index is 0.00000240. The Labute approximate surface area is 178 Å². The van der Waals surface area contributed by atoms with Crippen LogP contribution in [0.4, 0.5) is 0 Å². The molecule has 2 heterocycles. The Hall–Kier alpha value is -2.12. The monoisotopic (exact) mass is 419 g/mol. The molecule has 0 bridgehead atoms. The lowest BCUT2D eigenvalue weighted by Gasteiger charge is -2.31. The molecule has 0 unspecified atom stereocenters. The number of piperidine rings is 1. The van der Waals surface area contributed by atoms with Crippen molar-refractivity contribution < 1.29 is 9.53 Å². The molecule has 1 aromatic heterocycles. The fraction of sp³-hybridized carbons (Fsp3) is 0.571. The molecule has 1 saturated carbocycles. The molecule has 29 heavy (non-hydrogen) atoms. The molecule has 2 aromatic rings. The van der Waals surface area contributed by atoms with Gasteiger partial charge in [-0.25, -0.2) is 4.68 Å². The first-order valence-electron chi connectivity index (χ1n) is 10.2. The smallest absolute Gasteiger partial charge is 0.274 e. The molecule has 0 radical (unpaired) electrons. The molecule has 1 aliphatic carbocycles. The van der Waals surface area contributed by atoms with Crippen molar-refractivity contribution >= 4 is 18.3 Å². The minimum atomic E-state index is -0.339. The van der Waals surface area contributed by atoms with Gasteiger partial charge in [0.15, 0.2) is 5.69 Å². The van der Waals surface area contributed by atoms with Gasteiger partial charge in [0.1, 0.15) is 5.75 Å². The summed E-state index contributed by atoms with van der Waals surface area (Å²) in [5.41, 5.74) is 2.09. The summed E-state index contributed by atoms with van der Waals surface area (Å²) >= 11 is 0. The first-order chi connectivity index (χ1) is 13.6. The van der Waals surface area contributed by atoms with E-state index in [1.54, 1.807) is 7.11 Å². The number of nitrogens with zero attached hydrogens (tertiary/aromatic N) is 3. The van der Waals surface area contributed by atoms with Gasteiger partial charge >= 0.3 is 0 Å². The number of carbonyl (C=O) groups excluding carboxylic acids is 1. The van der Waals surface area contributed by atoms with Crippen LogP contribution in [0.25, 0.3) is 0 Å². The zero-order chi connectivity index (χ0) is 19.6. The second kappa shape index (κ2) is 9.13. The van der Waals surface area contributed by atoms with Gasteiger partial charge < -0.3 is 15.4 Å². The van der Waals surface area contributed by atoms with Crippen LogP contribution >= 0.6 is 12.4 Å². The average Bonchev–Trinajstić information content (AvgIpc) is 3.36. The molecule has 1 aromatic carbocycles. The molecule has 1 saturated heterocycles. The number of nitrogens with one attached hydrogen (secondary N) is 2. The number of methoxy groups -OCH3 is 1. The molecule has 1 amide bonds. The topological polar surface area (TPSA) is 81.1 Å². The molecular weight excluding hydrogens is 390 g/mol. The maximum Gasteiger partial charge on any atom is 0.274 e. The van der Waals surface area contributed by atoms with Gasteiger partial charge in [0.05, 0.1) is 24.4 Å². The predicted molar refractivity (Wildman–Crippen MR) is 114 cm³/mol. The summed E-state index contributed by atoms with van der Waals surface area (Å²) in [5.74, 6) is 0.694. The summed E-state index contributed by atoms with van der Waals surface area (Å²) in [7, 11) is 1.66. The fourth-order valence-corrected chi connectivity index (χ4v) is 4.60. The van der Waals surface area contributed by atoms with Crippen LogP contribution in [-0.2, 0) is 5.54 Å². The minimum absolute atomic E-state index is 0. The summed E-state index contributed by atoms with van der Waals surface area (Å²) < 4.78 is 7.21. The Morgan fingerprint density at radius 3 is 2.48 bits per heavy atom. The average molecular weight is 420 g/mol. The number of halogens is 1. The third-order valence-electron chi connectivity index (χ3n) is 6.25. The zero-order valence-electron chi connectivity index (χ0n) is 17.1. The van der Waals surface area contributed by atoms with E-state index in [0.717, 1.165) is 68.6 Å². The summed E-state index contributed by atoms with van der Waals surface area (Å²) in [6, 6.07) is 8.35. The van der Waals surface area contributed by atoms with Crippen LogP contribution in [0.2, 0.25) is 0 Å².